The highest BCUT2D eigenvalue weighted by atomic mass is 16.5. The van der Waals surface area contributed by atoms with Gasteiger partial charge in [-0.15, -0.1) is 0 Å². The van der Waals surface area contributed by atoms with E-state index in [1.54, 1.807) is 12.0 Å². The topological polar surface area (TPSA) is 68.5 Å². The molecule has 6 heteroatoms. The molecule has 4 rings (SSSR count). The summed E-state index contributed by atoms with van der Waals surface area (Å²) in [6.45, 7) is 4.55. The number of para-hydroxylation sites is 2. The first-order chi connectivity index (χ1) is 13.1. The molecule has 6 nitrogen and oxygen atoms in total. The molecule has 1 fully saturated rings. The zero-order chi connectivity index (χ0) is 19.0. The van der Waals surface area contributed by atoms with E-state index in [1.165, 1.54) is 0 Å². The lowest BCUT2D eigenvalue weighted by Crippen LogP contribution is -2.24. The molecule has 0 spiro atoms. The SMILES string of the molecule is COc1ccccc1N1CC(c2nc(-c3cc(C)ccc3C)no2)CC1=O. The highest BCUT2D eigenvalue weighted by molar-refractivity contribution is 5.97. The van der Waals surface area contributed by atoms with Gasteiger partial charge in [-0.2, -0.15) is 4.98 Å². The fourth-order valence-electron chi connectivity index (χ4n) is 3.45. The van der Waals surface area contributed by atoms with Gasteiger partial charge in [-0.25, -0.2) is 0 Å². The van der Waals surface area contributed by atoms with Crippen LogP contribution in [0.1, 0.15) is 29.4 Å². The summed E-state index contributed by atoms with van der Waals surface area (Å²) in [6.07, 6.45) is 0.340. The molecule has 0 bridgehead atoms. The van der Waals surface area contributed by atoms with Crippen molar-refractivity contribution in [3.05, 3.63) is 59.5 Å². The molecule has 2 heterocycles. The summed E-state index contributed by atoms with van der Waals surface area (Å²) in [5, 5.41) is 4.15. The highest BCUT2D eigenvalue weighted by Gasteiger charge is 2.36. The van der Waals surface area contributed by atoms with Crippen LogP contribution in [0.15, 0.2) is 47.0 Å². The third-order valence-corrected chi connectivity index (χ3v) is 4.93. The van der Waals surface area contributed by atoms with E-state index in [1.807, 2.05) is 50.2 Å². The van der Waals surface area contributed by atoms with Crippen LogP contribution in [-0.4, -0.2) is 29.7 Å². The molecule has 0 N–H and O–H groups in total. The van der Waals surface area contributed by atoms with Crippen LogP contribution in [0.3, 0.4) is 0 Å². The number of anilines is 1. The first-order valence-electron chi connectivity index (χ1n) is 8.91. The zero-order valence-corrected chi connectivity index (χ0v) is 15.6. The Kier molecular flexibility index (Phi) is 4.39. The number of ether oxygens (including phenoxy) is 1. The van der Waals surface area contributed by atoms with Gasteiger partial charge in [0.1, 0.15) is 5.75 Å². The summed E-state index contributed by atoms with van der Waals surface area (Å²) < 4.78 is 10.9. The van der Waals surface area contributed by atoms with Gasteiger partial charge in [-0.3, -0.25) is 4.79 Å². The monoisotopic (exact) mass is 363 g/mol. The van der Waals surface area contributed by atoms with Crippen LogP contribution in [0.25, 0.3) is 11.4 Å². The fourth-order valence-corrected chi connectivity index (χ4v) is 3.45. The summed E-state index contributed by atoms with van der Waals surface area (Å²) >= 11 is 0. The first-order valence-corrected chi connectivity index (χ1v) is 8.91. The fraction of sp³-hybridized carbons (Fsp3) is 0.286. The van der Waals surface area contributed by atoms with Crippen LogP contribution >= 0.6 is 0 Å². The number of hydrogen-bond acceptors (Lipinski definition) is 5. The van der Waals surface area contributed by atoms with E-state index in [0.29, 0.717) is 30.4 Å². The van der Waals surface area contributed by atoms with Gasteiger partial charge in [0.15, 0.2) is 0 Å². The number of methoxy groups -OCH3 is 1. The molecule has 0 saturated carbocycles. The minimum atomic E-state index is -0.131. The molecule has 1 aromatic heterocycles. The van der Waals surface area contributed by atoms with Crippen molar-refractivity contribution in [3.8, 4) is 17.1 Å². The standard InChI is InChI=1S/C21H21N3O3/c1-13-8-9-14(2)16(10-13)20-22-21(27-23-20)15-11-19(25)24(12-15)17-6-4-5-7-18(17)26-3/h4-10,15H,11-12H2,1-3H3. The molecular weight excluding hydrogens is 342 g/mol. The normalized spacial score (nSPS) is 16.8. The second-order valence-electron chi connectivity index (χ2n) is 6.85. The average Bonchev–Trinajstić information content (AvgIpc) is 3.30. The zero-order valence-electron chi connectivity index (χ0n) is 15.6. The molecule has 1 unspecified atom stereocenters. The van der Waals surface area contributed by atoms with Crippen LogP contribution in [0.5, 0.6) is 5.75 Å². The number of hydrogen-bond donors (Lipinski definition) is 0. The highest BCUT2D eigenvalue weighted by Crippen LogP contribution is 2.36. The summed E-state index contributed by atoms with van der Waals surface area (Å²) in [7, 11) is 1.60. The number of amides is 1. The molecule has 27 heavy (non-hydrogen) atoms. The smallest absolute Gasteiger partial charge is 0.232 e. The minimum absolute atomic E-state index is 0.0241. The van der Waals surface area contributed by atoms with Gasteiger partial charge >= 0.3 is 0 Å². The van der Waals surface area contributed by atoms with Crippen molar-refractivity contribution in [3.63, 3.8) is 0 Å². The van der Waals surface area contributed by atoms with E-state index in [0.717, 1.165) is 22.4 Å². The Labute approximate surface area is 157 Å². The lowest BCUT2D eigenvalue weighted by atomic mass is 10.1. The van der Waals surface area contributed by atoms with Gasteiger partial charge in [-0.1, -0.05) is 35.0 Å². The molecule has 1 amide bonds. The van der Waals surface area contributed by atoms with E-state index in [4.69, 9.17) is 9.26 Å². The average molecular weight is 363 g/mol. The van der Waals surface area contributed by atoms with Crippen LogP contribution in [-0.2, 0) is 4.79 Å². The lowest BCUT2D eigenvalue weighted by molar-refractivity contribution is -0.117. The van der Waals surface area contributed by atoms with Crippen molar-refractivity contribution in [2.24, 2.45) is 0 Å². The molecule has 0 radical (unpaired) electrons. The third-order valence-electron chi connectivity index (χ3n) is 4.93. The van der Waals surface area contributed by atoms with E-state index in [2.05, 4.69) is 16.2 Å². The number of benzene rings is 2. The molecule has 1 saturated heterocycles. The second kappa shape index (κ2) is 6.87. The molecular formula is C21H21N3O3. The molecule has 138 valence electrons. The summed E-state index contributed by atoms with van der Waals surface area (Å²) in [5.41, 5.74) is 3.95. The maximum absolute atomic E-state index is 12.6. The molecule has 3 aromatic rings. The quantitative estimate of drug-likeness (QED) is 0.703. The van der Waals surface area contributed by atoms with Gasteiger partial charge in [0.05, 0.1) is 18.7 Å². The Morgan fingerprint density at radius 3 is 2.81 bits per heavy atom. The number of carbonyl (C=O) groups is 1. The van der Waals surface area contributed by atoms with E-state index in [9.17, 15) is 4.79 Å². The van der Waals surface area contributed by atoms with Crippen LogP contribution < -0.4 is 9.64 Å². The van der Waals surface area contributed by atoms with Crippen molar-refractivity contribution in [2.45, 2.75) is 26.2 Å². The number of nitrogens with zero attached hydrogens (tertiary/aromatic N) is 3. The van der Waals surface area contributed by atoms with Crippen molar-refractivity contribution < 1.29 is 14.1 Å². The maximum Gasteiger partial charge on any atom is 0.232 e. The van der Waals surface area contributed by atoms with Gasteiger partial charge in [0.25, 0.3) is 0 Å². The first kappa shape index (κ1) is 17.3. The van der Waals surface area contributed by atoms with E-state index < -0.39 is 0 Å². The maximum atomic E-state index is 12.6. The second-order valence-corrected chi connectivity index (χ2v) is 6.85. The van der Waals surface area contributed by atoms with Gasteiger partial charge in [-0.05, 0) is 37.6 Å². The number of aryl methyl sites for hydroxylation is 2. The predicted octanol–water partition coefficient (Wildman–Crippen LogP) is 3.88. The summed E-state index contributed by atoms with van der Waals surface area (Å²) in [6, 6.07) is 13.7. The van der Waals surface area contributed by atoms with Crippen molar-refractivity contribution >= 4 is 11.6 Å². The Balaban J connectivity index is 1.60. The Bertz CT molecular complexity index is 996. The van der Waals surface area contributed by atoms with Crippen molar-refractivity contribution in [1.82, 2.24) is 10.1 Å². The van der Waals surface area contributed by atoms with Crippen molar-refractivity contribution in [1.29, 1.82) is 0 Å². The number of rotatable bonds is 4. The Hall–Kier alpha value is -3.15. The summed E-state index contributed by atoms with van der Waals surface area (Å²) in [4.78, 5) is 18.9. The molecule has 2 aromatic carbocycles. The van der Waals surface area contributed by atoms with E-state index in [-0.39, 0.29) is 11.8 Å². The summed E-state index contributed by atoms with van der Waals surface area (Å²) in [5.74, 6) is 1.63. The van der Waals surface area contributed by atoms with Gasteiger partial charge in [0, 0.05) is 18.5 Å². The van der Waals surface area contributed by atoms with Gasteiger partial charge in [0.2, 0.25) is 17.6 Å². The molecule has 1 aliphatic heterocycles. The molecule has 1 aliphatic rings. The lowest BCUT2D eigenvalue weighted by Gasteiger charge is -2.18. The number of carbonyl (C=O) groups excluding carboxylic acids is 1. The third kappa shape index (κ3) is 3.18. The predicted molar refractivity (Wildman–Crippen MR) is 102 cm³/mol. The van der Waals surface area contributed by atoms with Crippen LogP contribution in [0.4, 0.5) is 5.69 Å². The minimum Gasteiger partial charge on any atom is -0.495 e. The number of aromatic nitrogens is 2. The molecule has 1 atom stereocenters. The van der Waals surface area contributed by atoms with E-state index >= 15 is 0 Å². The van der Waals surface area contributed by atoms with Crippen LogP contribution in [0.2, 0.25) is 0 Å². The van der Waals surface area contributed by atoms with Gasteiger partial charge < -0.3 is 14.2 Å². The van der Waals surface area contributed by atoms with Crippen LogP contribution in [0, 0.1) is 13.8 Å². The Morgan fingerprint density at radius 1 is 1.19 bits per heavy atom. The molecule has 0 aliphatic carbocycles. The largest absolute Gasteiger partial charge is 0.495 e. The van der Waals surface area contributed by atoms with Crippen molar-refractivity contribution in [2.75, 3.05) is 18.6 Å². The Morgan fingerprint density at radius 2 is 2.00 bits per heavy atom.